The van der Waals surface area contributed by atoms with Gasteiger partial charge in [-0.25, -0.2) is 0 Å². The molecule has 6 nitrogen and oxygen atoms in total. The largest absolute Gasteiger partial charge is 0.493 e. The quantitative estimate of drug-likeness (QED) is 0.442. The summed E-state index contributed by atoms with van der Waals surface area (Å²) in [5.41, 5.74) is 3.22. The highest BCUT2D eigenvalue weighted by Gasteiger charge is 2.08. The van der Waals surface area contributed by atoms with Crippen LogP contribution in [0.3, 0.4) is 0 Å². The van der Waals surface area contributed by atoms with Gasteiger partial charge in [0.2, 0.25) is 5.91 Å². The first-order valence-electron chi connectivity index (χ1n) is 10.7. The maximum atomic E-state index is 12.3. The summed E-state index contributed by atoms with van der Waals surface area (Å²) in [5, 5.41) is 8.77. The normalized spacial score (nSPS) is 10.5. The van der Waals surface area contributed by atoms with Gasteiger partial charge in [-0.1, -0.05) is 36.4 Å². The Labute approximate surface area is 189 Å². The van der Waals surface area contributed by atoms with Gasteiger partial charge in [0.1, 0.15) is 5.75 Å². The summed E-state index contributed by atoms with van der Waals surface area (Å²) in [5.74, 6) is 0.437. The Morgan fingerprint density at radius 2 is 1.62 bits per heavy atom. The average molecular weight is 432 g/mol. The minimum Gasteiger partial charge on any atom is -0.493 e. The molecule has 32 heavy (non-hydrogen) atoms. The highest BCUT2D eigenvalue weighted by molar-refractivity contribution is 5.96. The molecule has 6 heteroatoms. The molecule has 0 aliphatic carbocycles. The van der Waals surface area contributed by atoms with Gasteiger partial charge in [-0.2, -0.15) is 0 Å². The van der Waals surface area contributed by atoms with Gasteiger partial charge in [-0.15, -0.1) is 0 Å². The number of anilines is 2. The Hall–Kier alpha value is -3.80. The molecule has 3 aromatic carbocycles. The molecule has 0 aromatic heterocycles. The van der Waals surface area contributed by atoms with E-state index in [1.54, 1.807) is 24.3 Å². The van der Waals surface area contributed by atoms with Crippen molar-refractivity contribution in [3.8, 4) is 5.75 Å². The van der Waals surface area contributed by atoms with Crippen molar-refractivity contribution in [3.05, 3.63) is 90.0 Å². The number of rotatable bonds is 10. The first-order valence-corrected chi connectivity index (χ1v) is 10.7. The van der Waals surface area contributed by atoms with Gasteiger partial charge in [0, 0.05) is 35.5 Å². The van der Waals surface area contributed by atoms with E-state index in [0.29, 0.717) is 17.9 Å². The van der Waals surface area contributed by atoms with E-state index in [4.69, 9.17) is 4.74 Å². The minimum atomic E-state index is -0.181. The average Bonchev–Trinajstić information content (AvgIpc) is 2.79. The van der Waals surface area contributed by atoms with Crippen molar-refractivity contribution in [2.75, 3.05) is 23.8 Å². The molecule has 0 radical (unpaired) electrons. The van der Waals surface area contributed by atoms with E-state index < -0.39 is 0 Å². The predicted molar refractivity (Wildman–Crippen MR) is 128 cm³/mol. The molecule has 166 valence electrons. The zero-order valence-corrected chi connectivity index (χ0v) is 18.4. The number of carbonyl (C=O) groups is 2. The molecule has 3 rings (SSSR count). The molecule has 0 aliphatic heterocycles. The summed E-state index contributed by atoms with van der Waals surface area (Å²) in [6.07, 6.45) is 0.832. The van der Waals surface area contributed by atoms with Gasteiger partial charge >= 0.3 is 0 Å². The highest BCUT2D eigenvalue weighted by atomic mass is 16.5. The van der Waals surface area contributed by atoms with E-state index in [2.05, 4.69) is 28.1 Å². The third-order valence-corrected chi connectivity index (χ3v) is 4.64. The Morgan fingerprint density at radius 3 is 2.34 bits per heavy atom. The molecule has 3 N–H and O–H groups in total. The van der Waals surface area contributed by atoms with Gasteiger partial charge in [0.15, 0.2) is 0 Å². The van der Waals surface area contributed by atoms with E-state index >= 15 is 0 Å². The van der Waals surface area contributed by atoms with Crippen LogP contribution in [0.2, 0.25) is 0 Å². The monoisotopic (exact) mass is 431 g/mol. The maximum Gasteiger partial charge on any atom is 0.251 e. The lowest BCUT2D eigenvalue weighted by molar-refractivity contribution is -0.114. The van der Waals surface area contributed by atoms with Crippen LogP contribution in [0.15, 0.2) is 78.9 Å². The lowest BCUT2D eigenvalue weighted by Crippen LogP contribution is -2.30. The number of hydrogen-bond acceptors (Lipinski definition) is 4. The molecule has 0 heterocycles. The zero-order chi connectivity index (χ0) is 22.8. The van der Waals surface area contributed by atoms with Crippen molar-refractivity contribution in [1.82, 2.24) is 5.32 Å². The minimum absolute atomic E-state index is 0.0701. The van der Waals surface area contributed by atoms with Crippen molar-refractivity contribution in [1.29, 1.82) is 0 Å². The number of benzene rings is 3. The molecule has 0 unspecified atom stereocenters. The van der Waals surface area contributed by atoms with Gasteiger partial charge in [0.05, 0.1) is 13.2 Å². The second-order valence-corrected chi connectivity index (χ2v) is 7.72. The fourth-order valence-corrected chi connectivity index (χ4v) is 3.07. The van der Waals surface area contributed by atoms with Crippen LogP contribution in [0.1, 0.15) is 29.8 Å². The predicted octanol–water partition coefficient (Wildman–Crippen LogP) is 4.50. The Bertz CT molecular complexity index is 1020. The fraction of sp³-hybridized carbons (Fsp3) is 0.231. The SMILES string of the molecule is CC(C)NC(=O)c1ccc(NC(=O)CNc2cccc(OCCc3ccccc3)c2)cc1. The van der Waals surface area contributed by atoms with Gasteiger partial charge < -0.3 is 20.7 Å². The molecular weight excluding hydrogens is 402 g/mol. The van der Waals surface area contributed by atoms with Crippen LogP contribution >= 0.6 is 0 Å². The third-order valence-electron chi connectivity index (χ3n) is 4.64. The highest BCUT2D eigenvalue weighted by Crippen LogP contribution is 2.18. The second-order valence-electron chi connectivity index (χ2n) is 7.72. The fourth-order valence-electron chi connectivity index (χ4n) is 3.07. The molecule has 0 bridgehead atoms. The molecule has 0 spiro atoms. The lowest BCUT2D eigenvalue weighted by atomic mass is 10.2. The Balaban J connectivity index is 1.44. The summed E-state index contributed by atoms with van der Waals surface area (Å²) < 4.78 is 5.83. The van der Waals surface area contributed by atoms with Crippen LogP contribution in [-0.2, 0) is 11.2 Å². The molecular formula is C26H29N3O3. The molecule has 3 aromatic rings. The van der Waals surface area contributed by atoms with Crippen LogP contribution in [0.4, 0.5) is 11.4 Å². The topological polar surface area (TPSA) is 79.5 Å². The number of hydrogen-bond donors (Lipinski definition) is 3. The van der Waals surface area contributed by atoms with Gasteiger partial charge in [-0.05, 0) is 55.8 Å². The van der Waals surface area contributed by atoms with E-state index in [-0.39, 0.29) is 24.4 Å². The molecule has 0 aliphatic rings. The summed E-state index contributed by atoms with van der Waals surface area (Å²) in [6.45, 7) is 4.51. The van der Waals surface area contributed by atoms with E-state index in [1.807, 2.05) is 56.3 Å². The van der Waals surface area contributed by atoms with Crippen molar-refractivity contribution < 1.29 is 14.3 Å². The molecule has 0 atom stereocenters. The molecule has 0 saturated heterocycles. The van der Waals surface area contributed by atoms with Crippen molar-refractivity contribution in [3.63, 3.8) is 0 Å². The molecule has 0 saturated carbocycles. The van der Waals surface area contributed by atoms with E-state index in [9.17, 15) is 9.59 Å². The Morgan fingerprint density at radius 1 is 0.875 bits per heavy atom. The summed E-state index contributed by atoms with van der Waals surface area (Å²) >= 11 is 0. The standard InChI is InChI=1S/C26H29N3O3/c1-19(2)28-26(31)21-11-13-22(14-12-21)29-25(30)18-27-23-9-6-10-24(17-23)32-16-15-20-7-4-3-5-8-20/h3-14,17,19,27H,15-16,18H2,1-2H3,(H,28,31)(H,29,30). The van der Waals surface area contributed by atoms with Crippen molar-refractivity contribution >= 4 is 23.2 Å². The number of ether oxygens (including phenoxy) is 1. The third kappa shape index (κ3) is 7.47. The van der Waals surface area contributed by atoms with Crippen molar-refractivity contribution in [2.24, 2.45) is 0 Å². The first-order chi connectivity index (χ1) is 15.5. The Kier molecular flexibility index (Phi) is 8.26. The van der Waals surface area contributed by atoms with E-state index in [1.165, 1.54) is 5.56 Å². The second kappa shape index (κ2) is 11.6. The van der Waals surface area contributed by atoms with Crippen LogP contribution in [0.25, 0.3) is 0 Å². The summed E-state index contributed by atoms with van der Waals surface area (Å²) in [6, 6.07) is 24.6. The lowest BCUT2D eigenvalue weighted by Gasteiger charge is -2.11. The van der Waals surface area contributed by atoms with Gasteiger partial charge in [-0.3, -0.25) is 9.59 Å². The van der Waals surface area contributed by atoms with Gasteiger partial charge in [0.25, 0.3) is 5.91 Å². The maximum absolute atomic E-state index is 12.3. The smallest absolute Gasteiger partial charge is 0.251 e. The molecule has 2 amide bonds. The van der Waals surface area contributed by atoms with Crippen LogP contribution in [0.5, 0.6) is 5.75 Å². The molecule has 0 fully saturated rings. The summed E-state index contributed by atoms with van der Waals surface area (Å²) in [7, 11) is 0. The number of nitrogens with one attached hydrogen (secondary N) is 3. The van der Waals surface area contributed by atoms with Crippen LogP contribution in [-0.4, -0.2) is 31.0 Å². The van der Waals surface area contributed by atoms with Crippen molar-refractivity contribution in [2.45, 2.75) is 26.3 Å². The summed E-state index contributed by atoms with van der Waals surface area (Å²) in [4.78, 5) is 24.3. The van der Waals surface area contributed by atoms with Crippen LogP contribution < -0.4 is 20.7 Å². The van der Waals surface area contributed by atoms with Crippen LogP contribution in [0, 0.1) is 0 Å². The first kappa shape index (κ1) is 22.9. The number of carbonyl (C=O) groups excluding carboxylic acids is 2. The number of amides is 2. The van der Waals surface area contributed by atoms with E-state index in [0.717, 1.165) is 17.9 Å². The zero-order valence-electron chi connectivity index (χ0n) is 18.4.